The zero-order valence-corrected chi connectivity index (χ0v) is 16.9. The first-order chi connectivity index (χ1) is 9.34. The molecule has 5 N–H and O–H groups in total. The summed E-state index contributed by atoms with van der Waals surface area (Å²) in [5.74, 6) is 0.185. The molecule has 1 rings (SSSR count). The number of hydrogen-bond acceptors (Lipinski definition) is 5. The Kier molecular flexibility index (Phi) is 7.51. The number of aliphatic hydroxyl groups excluding tert-OH is 2. The minimum atomic E-state index is -0.989. The van der Waals surface area contributed by atoms with Crippen molar-refractivity contribution in [1.29, 1.82) is 0 Å². The second-order valence-electron chi connectivity index (χ2n) is 3.81. The van der Waals surface area contributed by atoms with Crippen molar-refractivity contribution >= 4 is 79.4 Å². The third kappa shape index (κ3) is 3.98. The minimum Gasteiger partial charge on any atom is -0.494 e. The van der Waals surface area contributed by atoms with Crippen molar-refractivity contribution in [1.82, 2.24) is 5.32 Å². The van der Waals surface area contributed by atoms with Gasteiger partial charge in [0.15, 0.2) is 0 Å². The number of nitrogen functional groups attached to an aromatic ring is 1. The Morgan fingerprint density at radius 1 is 1.35 bits per heavy atom. The van der Waals surface area contributed by atoms with E-state index in [0.717, 1.165) is 3.57 Å². The lowest BCUT2D eigenvalue weighted by Gasteiger charge is -2.16. The van der Waals surface area contributed by atoms with Crippen LogP contribution in [0.4, 0.5) is 5.69 Å². The van der Waals surface area contributed by atoms with Crippen LogP contribution in [-0.4, -0.2) is 42.5 Å². The van der Waals surface area contributed by atoms with Crippen LogP contribution in [0, 0.1) is 10.7 Å². The van der Waals surface area contributed by atoms with Gasteiger partial charge >= 0.3 is 0 Å². The fourth-order valence-electron chi connectivity index (χ4n) is 1.40. The largest absolute Gasteiger partial charge is 0.494 e. The molecule has 1 amide bonds. The van der Waals surface area contributed by atoms with Gasteiger partial charge < -0.3 is 26.0 Å². The number of rotatable bonds is 5. The van der Waals surface area contributed by atoms with E-state index in [1.807, 2.05) is 45.2 Å². The maximum atomic E-state index is 12.2. The minimum absolute atomic E-state index is 0.0320. The lowest BCUT2D eigenvalue weighted by Crippen LogP contribution is -2.35. The van der Waals surface area contributed by atoms with Crippen molar-refractivity contribution in [2.24, 2.45) is 0 Å². The third-order valence-corrected chi connectivity index (χ3v) is 5.67. The van der Waals surface area contributed by atoms with E-state index in [9.17, 15) is 9.90 Å². The molecule has 1 aromatic rings. The fraction of sp³-hybridized carbons (Fsp3) is 0.364. The van der Waals surface area contributed by atoms with E-state index in [1.165, 1.54) is 7.11 Å². The van der Waals surface area contributed by atoms with E-state index in [1.54, 1.807) is 0 Å². The Balaban J connectivity index is 3.18. The molecule has 9 heteroatoms. The Labute approximate surface area is 157 Å². The highest BCUT2D eigenvalue weighted by Crippen LogP contribution is 2.38. The molecule has 0 bridgehead atoms. The predicted molar refractivity (Wildman–Crippen MR) is 101 cm³/mol. The van der Waals surface area contributed by atoms with Crippen LogP contribution in [0.2, 0.25) is 0 Å². The van der Waals surface area contributed by atoms with Crippen LogP contribution in [0.15, 0.2) is 0 Å². The van der Waals surface area contributed by atoms with Gasteiger partial charge in [-0.1, -0.05) is 0 Å². The van der Waals surface area contributed by atoms with Gasteiger partial charge in [-0.15, -0.1) is 0 Å². The Hall–Kier alpha value is 0.400. The highest BCUT2D eigenvalue weighted by Gasteiger charge is 2.24. The number of carbonyl (C=O) groups is 1. The van der Waals surface area contributed by atoms with Crippen molar-refractivity contribution in [2.75, 3.05) is 26.0 Å². The molecule has 1 atom stereocenters. The molecule has 0 saturated carbocycles. The van der Waals surface area contributed by atoms with E-state index < -0.39 is 12.7 Å². The predicted octanol–water partition coefficient (Wildman–Crippen LogP) is 1.17. The molecule has 0 fully saturated rings. The summed E-state index contributed by atoms with van der Waals surface area (Å²) in [6, 6.07) is 0. The van der Waals surface area contributed by atoms with Crippen LogP contribution in [-0.2, 0) is 0 Å². The highest BCUT2D eigenvalue weighted by molar-refractivity contribution is 14.1. The molecule has 0 aliphatic rings. The third-order valence-electron chi connectivity index (χ3n) is 2.45. The summed E-state index contributed by atoms with van der Waals surface area (Å²) in [4.78, 5) is 12.2. The molecule has 0 aliphatic carbocycles. The maximum Gasteiger partial charge on any atom is 0.253 e. The van der Waals surface area contributed by atoms with Crippen molar-refractivity contribution < 1.29 is 19.7 Å². The standard InChI is InChI=1S/C11H13I3N2O4/c1-20-10-7(13)5(6(12)9(15)8(10)14)11(19)16-2-4(18)3-17/h4,17-18H,2-3,15H2,1H3,(H,16,19). The quantitative estimate of drug-likeness (QED) is 0.294. The Morgan fingerprint density at radius 3 is 2.45 bits per heavy atom. The van der Waals surface area contributed by atoms with Crippen LogP contribution in [0.5, 0.6) is 5.75 Å². The van der Waals surface area contributed by atoms with Crippen molar-refractivity contribution in [2.45, 2.75) is 6.10 Å². The Morgan fingerprint density at radius 2 is 1.95 bits per heavy atom. The lowest BCUT2D eigenvalue weighted by molar-refractivity contribution is 0.0800. The van der Waals surface area contributed by atoms with Gasteiger partial charge in [0.25, 0.3) is 5.91 Å². The number of halogens is 3. The van der Waals surface area contributed by atoms with E-state index in [0.29, 0.717) is 24.1 Å². The number of hydrogen-bond donors (Lipinski definition) is 4. The van der Waals surface area contributed by atoms with Gasteiger partial charge in [-0.05, 0) is 67.8 Å². The average molecular weight is 618 g/mol. The summed E-state index contributed by atoms with van der Waals surface area (Å²) in [5.41, 5.74) is 6.87. The molecule has 1 unspecified atom stereocenters. The normalized spacial score (nSPS) is 12.1. The second kappa shape index (κ2) is 8.14. The molecule has 112 valence electrons. The van der Waals surface area contributed by atoms with Gasteiger partial charge in [0.1, 0.15) is 5.75 Å². The van der Waals surface area contributed by atoms with Gasteiger partial charge in [-0.2, -0.15) is 0 Å². The molecule has 0 heterocycles. The van der Waals surface area contributed by atoms with Crippen LogP contribution in [0.1, 0.15) is 10.4 Å². The number of amides is 1. The summed E-state index contributed by atoms with van der Waals surface area (Å²) in [5, 5.41) is 20.6. The van der Waals surface area contributed by atoms with Gasteiger partial charge in [0.05, 0.1) is 41.8 Å². The van der Waals surface area contributed by atoms with E-state index >= 15 is 0 Å². The number of methoxy groups -OCH3 is 1. The fourth-order valence-corrected chi connectivity index (χ4v) is 5.50. The molecule has 6 nitrogen and oxygen atoms in total. The molecule has 0 aromatic heterocycles. The van der Waals surface area contributed by atoms with Gasteiger partial charge in [0.2, 0.25) is 0 Å². The SMILES string of the molecule is COc1c(I)c(N)c(I)c(C(=O)NCC(O)CO)c1I. The molecule has 20 heavy (non-hydrogen) atoms. The first-order valence-corrected chi connectivity index (χ1v) is 8.65. The second-order valence-corrected chi connectivity index (χ2v) is 7.05. The highest BCUT2D eigenvalue weighted by atomic mass is 127. The lowest BCUT2D eigenvalue weighted by atomic mass is 10.1. The Bertz CT molecular complexity index is 525. The molecule has 0 saturated heterocycles. The molecule has 1 aromatic carbocycles. The first-order valence-electron chi connectivity index (χ1n) is 5.42. The van der Waals surface area contributed by atoms with Crippen molar-refractivity contribution in [3.63, 3.8) is 0 Å². The summed E-state index contributed by atoms with van der Waals surface area (Å²) in [6.45, 7) is -0.442. The van der Waals surface area contributed by atoms with Crippen molar-refractivity contribution in [3.8, 4) is 5.75 Å². The number of nitrogens with one attached hydrogen (secondary N) is 1. The van der Waals surface area contributed by atoms with Crippen LogP contribution < -0.4 is 15.8 Å². The molecule has 0 aliphatic heterocycles. The van der Waals surface area contributed by atoms with Gasteiger partial charge in [-0.3, -0.25) is 4.79 Å². The number of nitrogens with two attached hydrogens (primary N) is 1. The average Bonchev–Trinajstić information content (AvgIpc) is 2.43. The molecular weight excluding hydrogens is 605 g/mol. The smallest absolute Gasteiger partial charge is 0.253 e. The number of carbonyl (C=O) groups excluding carboxylic acids is 1. The summed E-state index contributed by atoms with van der Waals surface area (Å²) in [7, 11) is 1.52. The number of anilines is 1. The topological polar surface area (TPSA) is 105 Å². The first kappa shape index (κ1) is 18.4. The van der Waals surface area contributed by atoms with Crippen LogP contribution in [0.3, 0.4) is 0 Å². The monoisotopic (exact) mass is 618 g/mol. The number of benzene rings is 1. The number of ether oxygens (including phenoxy) is 1. The van der Waals surface area contributed by atoms with E-state index in [-0.39, 0.29) is 12.5 Å². The summed E-state index contributed by atoms with van der Waals surface area (Å²) >= 11 is 6.11. The molecular formula is C11H13I3N2O4. The summed E-state index contributed by atoms with van der Waals surface area (Å²) in [6.07, 6.45) is -0.989. The molecule has 0 spiro atoms. The maximum absolute atomic E-state index is 12.2. The van der Waals surface area contributed by atoms with Gasteiger partial charge in [-0.25, -0.2) is 0 Å². The van der Waals surface area contributed by atoms with Crippen LogP contribution >= 0.6 is 67.8 Å². The van der Waals surface area contributed by atoms with Crippen molar-refractivity contribution in [3.05, 3.63) is 16.3 Å². The summed E-state index contributed by atoms with van der Waals surface area (Å²) < 4.78 is 7.33. The van der Waals surface area contributed by atoms with Gasteiger partial charge in [0, 0.05) is 6.54 Å². The van der Waals surface area contributed by atoms with Crippen LogP contribution in [0.25, 0.3) is 0 Å². The van der Waals surface area contributed by atoms with E-state index in [4.69, 9.17) is 15.6 Å². The zero-order chi connectivity index (χ0) is 15.4. The zero-order valence-electron chi connectivity index (χ0n) is 10.4. The van der Waals surface area contributed by atoms with E-state index in [2.05, 4.69) is 27.9 Å². The number of aliphatic hydroxyl groups is 2. The molecule has 0 radical (unpaired) electrons.